The van der Waals surface area contributed by atoms with E-state index >= 15 is 0 Å². The van der Waals surface area contributed by atoms with Crippen molar-refractivity contribution >= 4 is 35.1 Å². The van der Waals surface area contributed by atoms with Crippen LogP contribution < -0.4 is 21.3 Å². The lowest BCUT2D eigenvalue weighted by molar-refractivity contribution is -0.189. The summed E-state index contributed by atoms with van der Waals surface area (Å²) in [6.45, 7) is 6.54. The predicted molar refractivity (Wildman–Crippen MR) is 192 cm³/mol. The first-order valence-corrected chi connectivity index (χ1v) is 17.4. The van der Waals surface area contributed by atoms with E-state index < -0.39 is 18.2 Å². The van der Waals surface area contributed by atoms with Crippen LogP contribution in [0.5, 0.6) is 5.75 Å². The zero-order valence-corrected chi connectivity index (χ0v) is 28.8. The smallest absolute Gasteiger partial charge is 0.334 e. The fourth-order valence-electron chi connectivity index (χ4n) is 7.25. The lowest BCUT2D eigenvalue weighted by Gasteiger charge is -2.55. The number of rotatable bonds is 10. The van der Waals surface area contributed by atoms with Crippen LogP contribution in [0.25, 0.3) is 0 Å². The Labute approximate surface area is 301 Å². The predicted octanol–water partition coefficient (Wildman–Crippen LogP) is 1.64. The van der Waals surface area contributed by atoms with Crippen LogP contribution in [0.2, 0.25) is 0 Å². The van der Waals surface area contributed by atoms with Crippen LogP contribution in [0.3, 0.4) is 0 Å². The van der Waals surface area contributed by atoms with Gasteiger partial charge in [0.05, 0.1) is 37.7 Å². The van der Waals surface area contributed by atoms with Crippen molar-refractivity contribution in [2.75, 3.05) is 62.9 Å². The molecule has 0 radical (unpaired) electrons. The molecule has 3 aromatic carbocycles. The molecular formula is C37H43N9O6. The second kappa shape index (κ2) is 15.3. The number of aromatic hydroxyl groups is 1. The number of hydrazine groups is 3. The number of phenols is 1. The van der Waals surface area contributed by atoms with Gasteiger partial charge in [0.25, 0.3) is 0 Å². The highest BCUT2D eigenvalue weighted by Crippen LogP contribution is 2.36. The van der Waals surface area contributed by atoms with Gasteiger partial charge in [0.1, 0.15) is 24.5 Å². The Morgan fingerprint density at radius 1 is 0.981 bits per heavy atom. The van der Waals surface area contributed by atoms with Crippen molar-refractivity contribution in [1.82, 2.24) is 35.6 Å². The number of hydrogen-bond donors (Lipinski definition) is 4. The van der Waals surface area contributed by atoms with Gasteiger partial charge in [0, 0.05) is 39.1 Å². The largest absolute Gasteiger partial charge is 0.508 e. The standard InChI is InChI=1S/C37H43N9O6/c1-2-15-43-24-34(49)45-31(20-26-11-13-29(47)14-12-26)36(50)42(23-32(45)46(43)37(51)38-21-27-7-4-3-5-8-27)22-28-9-6-10-30-35(28)44(40-39-30)25-33(48)41-16-18-52-19-17-41/h2-14,31-32,39-40,47H,1,15-25H2,(H,38,51)/t31-,32-/m0/s1. The number of benzene rings is 3. The quantitative estimate of drug-likeness (QED) is 0.229. The average Bonchev–Trinajstić information content (AvgIpc) is 3.57. The molecule has 0 bridgehead atoms. The van der Waals surface area contributed by atoms with Gasteiger partial charge >= 0.3 is 6.03 Å². The molecule has 4 heterocycles. The zero-order chi connectivity index (χ0) is 36.2. The van der Waals surface area contributed by atoms with Gasteiger partial charge in [-0.15, -0.1) is 12.1 Å². The number of ether oxygens (including phenoxy) is 1. The van der Waals surface area contributed by atoms with E-state index in [0.717, 1.165) is 28.1 Å². The third kappa shape index (κ3) is 7.24. The van der Waals surface area contributed by atoms with E-state index in [9.17, 15) is 24.3 Å². The maximum absolute atomic E-state index is 14.6. The van der Waals surface area contributed by atoms with Crippen molar-refractivity contribution < 1.29 is 29.0 Å². The highest BCUT2D eigenvalue weighted by Gasteiger charge is 2.51. The summed E-state index contributed by atoms with van der Waals surface area (Å²) in [7, 11) is 0. The molecule has 3 aromatic rings. The molecule has 0 spiro atoms. The van der Waals surface area contributed by atoms with Crippen LogP contribution >= 0.6 is 0 Å². The Bertz CT molecular complexity index is 1800. The minimum absolute atomic E-state index is 0.0419. The zero-order valence-electron chi connectivity index (χ0n) is 28.8. The molecule has 7 rings (SSSR count). The molecule has 2 atom stereocenters. The van der Waals surface area contributed by atoms with Crippen molar-refractivity contribution in [2.24, 2.45) is 0 Å². The van der Waals surface area contributed by atoms with Crippen molar-refractivity contribution in [2.45, 2.75) is 31.7 Å². The van der Waals surface area contributed by atoms with Gasteiger partial charge in [-0.3, -0.25) is 19.4 Å². The van der Waals surface area contributed by atoms with E-state index in [2.05, 4.69) is 22.9 Å². The minimum atomic E-state index is -0.932. The molecule has 3 fully saturated rings. The maximum Gasteiger partial charge on any atom is 0.334 e. The van der Waals surface area contributed by atoms with E-state index in [0.29, 0.717) is 26.3 Å². The van der Waals surface area contributed by atoms with Crippen molar-refractivity contribution in [3.63, 3.8) is 0 Å². The monoisotopic (exact) mass is 709 g/mol. The molecule has 52 heavy (non-hydrogen) atoms. The van der Waals surface area contributed by atoms with E-state index in [1.807, 2.05) is 48.5 Å². The third-order valence-corrected chi connectivity index (χ3v) is 9.76. The van der Waals surface area contributed by atoms with Crippen LogP contribution in [0.15, 0.2) is 85.5 Å². The Morgan fingerprint density at radius 2 is 1.75 bits per heavy atom. The molecule has 272 valence electrons. The normalized spacial score (nSPS) is 20.3. The van der Waals surface area contributed by atoms with E-state index in [1.165, 1.54) is 0 Å². The minimum Gasteiger partial charge on any atom is -0.508 e. The molecule has 0 aliphatic carbocycles. The molecule has 15 heteroatoms. The highest BCUT2D eigenvalue weighted by atomic mass is 16.5. The molecule has 4 N–H and O–H groups in total. The second-order valence-electron chi connectivity index (χ2n) is 13.1. The molecule has 0 unspecified atom stereocenters. The van der Waals surface area contributed by atoms with Crippen LogP contribution in [0.1, 0.15) is 16.7 Å². The SMILES string of the molecule is C=CCN1CC(=O)N2[C@@H](Cc3ccc(O)cc3)C(=O)N(Cc3cccc4c3N(CC(=O)N3CCOCC3)NN4)C[C@@H]2N1C(=O)NCc1ccccc1. The summed E-state index contributed by atoms with van der Waals surface area (Å²) in [6.07, 6.45) is 0.985. The number of carbonyl (C=O) groups is 4. The fourth-order valence-corrected chi connectivity index (χ4v) is 7.25. The number of nitrogens with one attached hydrogen (secondary N) is 3. The van der Waals surface area contributed by atoms with Crippen LogP contribution in [-0.4, -0.2) is 118 Å². The number of para-hydroxylation sites is 1. The number of amides is 5. The van der Waals surface area contributed by atoms with Gasteiger partial charge in [0.15, 0.2) is 0 Å². The van der Waals surface area contributed by atoms with E-state index in [4.69, 9.17) is 4.74 Å². The summed E-state index contributed by atoms with van der Waals surface area (Å²) in [4.78, 5) is 60.9. The van der Waals surface area contributed by atoms with Gasteiger partial charge in [0.2, 0.25) is 17.7 Å². The summed E-state index contributed by atoms with van der Waals surface area (Å²) in [6, 6.07) is 20.4. The average molecular weight is 710 g/mol. The van der Waals surface area contributed by atoms with Crippen molar-refractivity contribution in [3.05, 3.63) is 102 Å². The van der Waals surface area contributed by atoms with Gasteiger partial charge < -0.3 is 35.3 Å². The lowest BCUT2D eigenvalue weighted by Crippen LogP contribution is -2.76. The first-order valence-electron chi connectivity index (χ1n) is 17.4. The van der Waals surface area contributed by atoms with Crippen molar-refractivity contribution in [3.8, 4) is 5.75 Å². The number of urea groups is 1. The van der Waals surface area contributed by atoms with E-state index in [1.54, 1.807) is 60.1 Å². The number of fused-ring (bicyclic) bond motifs is 2. The van der Waals surface area contributed by atoms with Crippen LogP contribution in [0.4, 0.5) is 16.2 Å². The number of hydrogen-bond acceptors (Lipinski definition) is 10. The molecule has 0 aromatic heterocycles. The number of anilines is 2. The Balaban J connectivity index is 1.20. The Kier molecular flexibility index (Phi) is 10.2. The number of morpholine rings is 1. The van der Waals surface area contributed by atoms with Crippen LogP contribution in [-0.2, 0) is 38.6 Å². The summed E-state index contributed by atoms with van der Waals surface area (Å²) in [5.74, 6) is -0.519. The summed E-state index contributed by atoms with van der Waals surface area (Å²) in [5, 5.41) is 17.9. The summed E-state index contributed by atoms with van der Waals surface area (Å²) < 4.78 is 5.42. The topological polar surface area (TPSA) is 153 Å². The molecule has 15 nitrogen and oxygen atoms in total. The number of carbonyl (C=O) groups excluding carboxylic acids is 4. The summed E-state index contributed by atoms with van der Waals surface area (Å²) in [5.41, 5.74) is 10.2. The molecule has 4 aliphatic rings. The highest BCUT2D eigenvalue weighted by molar-refractivity contribution is 5.92. The number of phenolic OH excluding ortho intramolecular Hbond substituents is 1. The number of piperazine rings is 1. The second-order valence-corrected chi connectivity index (χ2v) is 13.1. The van der Waals surface area contributed by atoms with Crippen LogP contribution in [0, 0.1) is 0 Å². The van der Waals surface area contributed by atoms with Crippen molar-refractivity contribution in [1.29, 1.82) is 0 Å². The maximum atomic E-state index is 14.6. The fraction of sp³-hybridized carbons (Fsp3) is 0.351. The first-order chi connectivity index (χ1) is 25.3. The summed E-state index contributed by atoms with van der Waals surface area (Å²) >= 11 is 0. The van der Waals surface area contributed by atoms with Gasteiger partial charge in [-0.25, -0.2) is 14.8 Å². The van der Waals surface area contributed by atoms with Gasteiger partial charge in [-0.05, 0) is 34.9 Å². The molecule has 5 amide bonds. The van der Waals surface area contributed by atoms with Gasteiger partial charge in [-0.2, -0.15) is 0 Å². The molecule has 0 saturated carbocycles. The Hall–Kier alpha value is -5.64. The molecular weight excluding hydrogens is 666 g/mol. The number of nitrogens with zero attached hydrogens (tertiary/aromatic N) is 6. The third-order valence-electron chi connectivity index (χ3n) is 9.76. The Morgan fingerprint density at radius 3 is 2.50 bits per heavy atom. The van der Waals surface area contributed by atoms with Gasteiger partial charge in [-0.1, -0.05) is 60.7 Å². The lowest BCUT2D eigenvalue weighted by atomic mass is 9.98. The molecule has 4 aliphatic heterocycles. The first kappa shape index (κ1) is 34.8. The molecule has 3 saturated heterocycles. The van der Waals surface area contributed by atoms with E-state index in [-0.39, 0.29) is 69.2 Å².